The maximum atomic E-state index is 14.2. The van der Waals surface area contributed by atoms with Crippen LogP contribution in [0.4, 0.5) is 11.7 Å². The monoisotopic (exact) mass is 755 g/mol. The Kier molecular flexibility index (Phi) is 15.8. The molecule has 2 aromatic heterocycles. The first-order valence-electron chi connectivity index (χ1n) is 17.1. The highest BCUT2D eigenvalue weighted by molar-refractivity contribution is 7.86. The maximum absolute atomic E-state index is 14.2. The Hall–Kier alpha value is -3.89. The second kappa shape index (κ2) is 20.2. The molecule has 1 atom stereocenters. The first kappa shape index (κ1) is 39.9. The van der Waals surface area contributed by atoms with Gasteiger partial charge >= 0.3 is 21.8 Å². The molecule has 3 heterocycles. The number of rotatable bonds is 11. The molecule has 0 N–H and O–H groups in total. The highest BCUT2D eigenvalue weighted by Crippen LogP contribution is 2.24. The zero-order valence-electron chi connectivity index (χ0n) is 28.4. The van der Waals surface area contributed by atoms with Gasteiger partial charge in [0.25, 0.3) is 10.3 Å². The van der Waals surface area contributed by atoms with Crippen molar-refractivity contribution < 1.29 is 38.4 Å². The zero-order valence-corrected chi connectivity index (χ0v) is 30.0. The molecule has 1 aliphatic heterocycles. The van der Waals surface area contributed by atoms with Gasteiger partial charge in [0, 0.05) is 25.9 Å². The number of hydrogen-bond donors (Lipinski definition) is 0. The number of piperidine rings is 1. The molecule has 1 saturated carbocycles. The number of halogens is 3. The van der Waals surface area contributed by atoms with Crippen LogP contribution in [0.1, 0.15) is 70.6 Å². The molecule has 0 radical (unpaired) electrons. The van der Waals surface area contributed by atoms with Crippen molar-refractivity contribution in [1.82, 2.24) is 4.31 Å². The molecule has 1 aliphatic carbocycles. The smallest absolute Gasteiger partial charge is 0.366 e. The maximum Gasteiger partial charge on any atom is 0.366 e. The number of ether oxygens (including phenoxy) is 2. The Bertz CT molecular complexity index is 2050. The summed E-state index contributed by atoms with van der Waals surface area (Å²) in [4.78, 5) is 22.9. The second-order valence-corrected chi connectivity index (χ2v) is 14.6. The van der Waals surface area contributed by atoms with Crippen LogP contribution >= 0.6 is 0 Å². The fourth-order valence-corrected chi connectivity index (χ4v) is 7.04. The van der Waals surface area contributed by atoms with Crippen molar-refractivity contribution in [3.05, 3.63) is 81.5 Å². The van der Waals surface area contributed by atoms with Gasteiger partial charge in [-0.15, -0.1) is 3.89 Å². The average molecular weight is 756 g/mol. The molecule has 1 saturated heterocycles. The minimum Gasteiger partial charge on any atom is -0.492 e. The average Bonchev–Trinajstić information content (AvgIpc) is 3.12. The topological polar surface area (TPSA) is 141 Å². The second-order valence-electron chi connectivity index (χ2n) is 11.9. The molecule has 51 heavy (non-hydrogen) atoms. The van der Waals surface area contributed by atoms with Gasteiger partial charge in [-0.25, -0.2) is 9.59 Å². The van der Waals surface area contributed by atoms with E-state index in [4.69, 9.17) is 18.3 Å². The number of fused-ring (bicyclic) bond motifs is 2. The minimum absolute atomic E-state index is 0.0759. The fraction of sp³-hybridized carbons (Fsp3) is 0.486. The van der Waals surface area contributed by atoms with Crippen molar-refractivity contribution in [2.24, 2.45) is 8.73 Å². The van der Waals surface area contributed by atoms with Gasteiger partial charge in [-0.3, -0.25) is 0 Å². The lowest BCUT2D eigenvalue weighted by Gasteiger charge is -2.24. The van der Waals surface area contributed by atoms with Crippen molar-refractivity contribution in [1.29, 1.82) is 0 Å². The van der Waals surface area contributed by atoms with Crippen LogP contribution in [-0.4, -0.2) is 52.1 Å². The number of benzene rings is 2. The van der Waals surface area contributed by atoms with E-state index in [1.165, 1.54) is 55.0 Å². The standard InChI is InChI=1S/C17H21FN2O4S.C12H11F2NO4S.C6H12/c18-25(22,20-10-4-1-5-11-20)19-9-6-12-23-16-13-17(21)24-15-8-3-2-7-14(15)16;13-20(14,17)15-6-3-7-18-11-8-12(16)19-10-5-2-1-4-9(10)11;1-2-4-6-5-3-1/h2-3,7-8,13H,1,4-6,9-12H2;1-2,4-5,8H,3,6-7H2;1-6H2. The van der Waals surface area contributed by atoms with E-state index in [1.807, 2.05) is 6.07 Å². The minimum atomic E-state index is -5.06. The van der Waals surface area contributed by atoms with Gasteiger partial charge in [-0.2, -0.15) is 21.4 Å². The van der Waals surface area contributed by atoms with E-state index in [-0.39, 0.29) is 32.7 Å². The summed E-state index contributed by atoms with van der Waals surface area (Å²) in [5.41, 5.74) is -0.212. The van der Waals surface area contributed by atoms with Crippen LogP contribution in [0, 0.1) is 0 Å². The molecule has 11 nitrogen and oxygen atoms in total. The molecule has 4 aromatic rings. The van der Waals surface area contributed by atoms with Crippen molar-refractivity contribution in [2.75, 3.05) is 39.4 Å². The lowest BCUT2D eigenvalue weighted by atomic mass is 10.0. The van der Waals surface area contributed by atoms with E-state index in [9.17, 15) is 29.7 Å². The normalized spacial score (nSPS) is 16.1. The molecule has 0 amide bonds. The van der Waals surface area contributed by atoms with E-state index in [1.54, 1.807) is 42.5 Å². The lowest BCUT2D eigenvalue weighted by Crippen LogP contribution is -2.33. The van der Waals surface area contributed by atoms with E-state index in [2.05, 4.69) is 8.73 Å². The SMILES string of the molecule is C1CCCCC1.O=c1cc(OCCCN=S(=O)(F)F)c2ccccc2o1.O=c1cc(OCCCN=S(=O)(F)N2CCCCC2)c2ccccc2o1. The molecule has 2 aromatic carbocycles. The number of nitrogens with zero attached hydrogens (tertiary/aromatic N) is 3. The number of para-hydroxylation sites is 2. The molecule has 0 spiro atoms. The molecule has 6 rings (SSSR count). The summed E-state index contributed by atoms with van der Waals surface area (Å²) < 4.78 is 89.0. The number of hydrogen-bond acceptors (Lipinski definition) is 10. The summed E-state index contributed by atoms with van der Waals surface area (Å²) in [6, 6.07) is 16.4. The Morgan fingerprint density at radius 3 is 1.49 bits per heavy atom. The van der Waals surface area contributed by atoms with Gasteiger partial charge in [0.05, 0.1) is 49.2 Å². The van der Waals surface area contributed by atoms with Crippen LogP contribution in [0.2, 0.25) is 0 Å². The molecule has 2 fully saturated rings. The molecule has 16 heteroatoms. The highest BCUT2D eigenvalue weighted by atomic mass is 32.3. The summed E-state index contributed by atoms with van der Waals surface area (Å²) >= 11 is 0. The molecule has 2 aliphatic rings. The van der Waals surface area contributed by atoms with Crippen molar-refractivity contribution in [2.45, 2.75) is 70.6 Å². The molecular weight excluding hydrogens is 712 g/mol. The summed E-state index contributed by atoms with van der Waals surface area (Å²) in [6.45, 7) is 1.12. The Labute approximate surface area is 296 Å². The van der Waals surface area contributed by atoms with E-state index < -0.39 is 32.1 Å². The lowest BCUT2D eigenvalue weighted by molar-refractivity contribution is 0.313. The fourth-order valence-electron chi connectivity index (χ4n) is 5.48. The third-order valence-electron chi connectivity index (χ3n) is 7.97. The Morgan fingerprint density at radius 2 is 1.04 bits per heavy atom. The summed E-state index contributed by atoms with van der Waals surface area (Å²) in [7, 11) is -8.84. The summed E-state index contributed by atoms with van der Waals surface area (Å²) in [5, 5.41) is 1.31. The quantitative estimate of drug-likeness (QED) is 0.0844. The van der Waals surface area contributed by atoms with E-state index in [0.717, 1.165) is 19.3 Å². The molecule has 1 unspecified atom stereocenters. The van der Waals surface area contributed by atoms with Crippen LogP contribution in [0.15, 0.2) is 87.8 Å². The summed E-state index contributed by atoms with van der Waals surface area (Å²) in [6.07, 6.45) is 12.3. The van der Waals surface area contributed by atoms with Crippen LogP contribution in [0.5, 0.6) is 11.5 Å². The first-order chi connectivity index (χ1) is 24.5. The predicted octanol–water partition coefficient (Wildman–Crippen LogP) is 8.45. The van der Waals surface area contributed by atoms with E-state index >= 15 is 0 Å². The van der Waals surface area contributed by atoms with Gasteiger partial charge < -0.3 is 18.3 Å². The van der Waals surface area contributed by atoms with E-state index in [0.29, 0.717) is 52.9 Å². The van der Waals surface area contributed by atoms with Crippen molar-refractivity contribution in [3.63, 3.8) is 0 Å². The van der Waals surface area contributed by atoms with Crippen LogP contribution < -0.4 is 20.7 Å². The Morgan fingerprint density at radius 1 is 0.627 bits per heavy atom. The van der Waals surface area contributed by atoms with Crippen molar-refractivity contribution in [3.8, 4) is 11.5 Å². The zero-order chi connectivity index (χ0) is 36.5. The molecular formula is C35H44F3N3O8S2. The van der Waals surface area contributed by atoms with Gasteiger partial charge in [-0.1, -0.05) is 77.0 Å². The molecule has 280 valence electrons. The van der Waals surface area contributed by atoms with Gasteiger partial charge in [-0.05, 0) is 37.1 Å². The van der Waals surface area contributed by atoms with Gasteiger partial charge in [0.2, 0.25) is 0 Å². The third kappa shape index (κ3) is 14.0. The summed E-state index contributed by atoms with van der Waals surface area (Å²) in [5.74, 6) is 0.738. The van der Waals surface area contributed by atoms with Gasteiger partial charge in [0.15, 0.2) is 0 Å². The largest absolute Gasteiger partial charge is 0.492 e. The first-order valence-corrected chi connectivity index (χ1v) is 19.8. The van der Waals surface area contributed by atoms with Gasteiger partial charge in [0.1, 0.15) is 22.7 Å². The van der Waals surface area contributed by atoms with Crippen LogP contribution in [-0.2, 0) is 20.8 Å². The van der Waals surface area contributed by atoms with Crippen LogP contribution in [0.25, 0.3) is 21.9 Å². The third-order valence-corrected chi connectivity index (χ3v) is 9.96. The molecule has 0 bridgehead atoms. The predicted molar refractivity (Wildman–Crippen MR) is 193 cm³/mol. The van der Waals surface area contributed by atoms with Crippen molar-refractivity contribution >= 4 is 42.7 Å². The Balaban J connectivity index is 0.000000200. The highest BCUT2D eigenvalue weighted by Gasteiger charge is 2.21. The van der Waals surface area contributed by atoms with Crippen LogP contribution in [0.3, 0.4) is 0 Å².